The van der Waals surface area contributed by atoms with Gasteiger partial charge in [0.15, 0.2) is 0 Å². The summed E-state index contributed by atoms with van der Waals surface area (Å²) in [5.41, 5.74) is 2.74. The Balaban J connectivity index is 1.95. The van der Waals surface area contributed by atoms with Crippen LogP contribution in [0.4, 0.5) is 5.69 Å². The summed E-state index contributed by atoms with van der Waals surface area (Å²) in [4.78, 5) is 0.277. The molecule has 0 heterocycles. The van der Waals surface area contributed by atoms with E-state index in [9.17, 15) is 8.42 Å². The van der Waals surface area contributed by atoms with E-state index in [0.717, 1.165) is 29.3 Å². The van der Waals surface area contributed by atoms with Gasteiger partial charge in [0, 0.05) is 4.47 Å². The Morgan fingerprint density at radius 3 is 2.62 bits per heavy atom. The van der Waals surface area contributed by atoms with Gasteiger partial charge in [0.1, 0.15) is 0 Å². The zero-order valence-electron chi connectivity index (χ0n) is 11.1. The second-order valence-electron chi connectivity index (χ2n) is 5.01. The normalized spacial score (nSPS) is 14.0. The van der Waals surface area contributed by atoms with Gasteiger partial charge in [-0.05, 0) is 60.7 Å². The minimum atomic E-state index is -3.63. The third-order valence-corrected chi connectivity index (χ3v) is 5.74. The molecule has 6 heteroatoms. The van der Waals surface area contributed by atoms with Crippen molar-refractivity contribution < 1.29 is 8.42 Å². The van der Waals surface area contributed by atoms with Crippen LogP contribution in [0.2, 0.25) is 5.02 Å². The van der Waals surface area contributed by atoms with Crippen molar-refractivity contribution in [3.63, 3.8) is 0 Å². The fraction of sp³-hybridized carbons (Fsp3) is 0.200. The molecule has 1 aliphatic rings. The minimum Gasteiger partial charge on any atom is -0.278 e. The lowest BCUT2D eigenvalue weighted by Crippen LogP contribution is -2.13. The Labute approximate surface area is 137 Å². The van der Waals surface area contributed by atoms with Crippen LogP contribution in [0.5, 0.6) is 0 Å². The number of hydrogen-bond acceptors (Lipinski definition) is 2. The molecular weight excluding hydrogens is 374 g/mol. The molecule has 110 valence electrons. The molecule has 0 saturated carbocycles. The maximum atomic E-state index is 12.5. The summed E-state index contributed by atoms with van der Waals surface area (Å²) >= 11 is 9.34. The van der Waals surface area contributed by atoms with Crippen molar-refractivity contribution in [2.24, 2.45) is 0 Å². The van der Waals surface area contributed by atoms with E-state index in [0.29, 0.717) is 10.7 Å². The number of aryl methyl sites for hydroxylation is 2. The van der Waals surface area contributed by atoms with Gasteiger partial charge in [-0.3, -0.25) is 4.72 Å². The molecule has 0 bridgehead atoms. The Hall–Kier alpha value is -1.04. The van der Waals surface area contributed by atoms with E-state index in [-0.39, 0.29) is 4.90 Å². The molecular formula is C15H13BrClNO2S. The molecule has 2 aromatic rings. The highest BCUT2D eigenvalue weighted by Gasteiger charge is 2.19. The molecule has 0 aliphatic heterocycles. The Bertz CT molecular complexity index is 805. The van der Waals surface area contributed by atoms with Crippen molar-refractivity contribution in [1.29, 1.82) is 0 Å². The Kier molecular flexibility index (Phi) is 3.99. The number of fused-ring (bicyclic) bond motifs is 1. The van der Waals surface area contributed by atoms with Crippen molar-refractivity contribution >= 4 is 43.2 Å². The smallest absolute Gasteiger partial charge is 0.261 e. The molecule has 1 N–H and O–H groups in total. The van der Waals surface area contributed by atoms with Crippen LogP contribution in [-0.2, 0) is 22.9 Å². The summed E-state index contributed by atoms with van der Waals surface area (Å²) in [7, 11) is -3.63. The number of hydrogen-bond donors (Lipinski definition) is 1. The van der Waals surface area contributed by atoms with E-state index in [1.54, 1.807) is 30.3 Å². The summed E-state index contributed by atoms with van der Waals surface area (Å²) < 4.78 is 28.3. The van der Waals surface area contributed by atoms with E-state index < -0.39 is 10.0 Å². The van der Waals surface area contributed by atoms with Gasteiger partial charge >= 0.3 is 0 Å². The monoisotopic (exact) mass is 385 g/mol. The average Bonchev–Trinajstić information content (AvgIpc) is 2.90. The molecule has 1 aliphatic carbocycles. The number of anilines is 1. The van der Waals surface area contributed by atoms with Gasteiger partial charge < -0.3 is 0 Å². The Morgan fingerprint density at radius 1 is 1.05 bits per heavy atom. The van der Waals surface area contributed by atoms with E-state index >= 15 is 0 Å². The summed E-state index contributed by atoms with van der Waals surface area (Å²) in [6, 6.07) is 10.4. The van der Waals surface area contributed by atoms with Crippen LogP contribution in [0.25, 0.3) is 0 Å². The van der Waals surface area contributed by atoms with Gasteiger partial charge in [-0.25, -0.2) is 8.42 Å². The largest absolute Gasteiger partial charge is 0.278 e. The van der Waals surface area contributed by atoms with Gasteiger partial charge in [0.25, 0.3) is 10.0 Å². The highest BCUT2D eigenvalue weighted by Crippen LogP contribution is 2.29. The first-order valence-corrected chi connectivity index (χ1v) is 9.21. The van der Waals surface area contributed by atoms with Crippen LogP contribution in [0.15, 0.2) is 45.8 Å². The van der Waals surface area contributed by atoms with Gasteiger partial charge in [-0.15, -0.1) is 0 Å². The van der Waals surface area contributed by atoms with Crippen molar-refractivity contribution in [1.82, 2.24) is 0 Å². The first-order chi connectivity index (χ1) is 9.95. The first-order valence-electron chi connectivity index (χ1n) is 6.55. The van der Waals surface area contributed by atoms with Crippen LogP contribution in [0.1, 0.15) is 17.5 Å². The lowest BCUT2D eigenvalue weighted by molar-refractivity contribution is 0.601. The highest BCUT2D eigenvalue weighted by molar-refractivity contribution is 9.10. The number of nitrogens with one attached hydrogen (secondary N) is 1. The second-order valence-corrected chi connectivity index (χ2v) is 8.02. The summed E-state index contributed by atoms with van der Waals surface area (Å²) in [5, 5.41) is 0.364. The third-order valence-electron chi connectivity index (χ3n) is 3.55. The second kappa shape index (κ2) is 5.63. The summed E-state index contributed by atoms with van der Waals surface area (Å²) in [5.74, 6) is 0. The molecule has 3 nitrogen and oxygen atoms in total. The van der Waals surface area contributed by atoms with E-state index in [1.165, 1.54) is 5.56 Å². The first kappa shape index (κ1) is 14.9. The number of benzene rings is 2. The third kappa shape index (κ3) is 3.10. The molecule has 2 aromatic carbocycles. The standard InChI is InChI=1S/C15H13BrClNO2S/c16-12-5-7-14(17)15(9-12)18-21(19,20)13-6-4-10-2-1-3-11(10)8-13/h4-9,18H,1-3H2. The molecule has 0 spiro atoms. The van der Waals surface area contributed by atoms with Crippen molar-refractivity contribution in [3.8, 4) is 0 Å². The van der Waals surface area contributed by atoms with Crippen molar-refractivity contribution in [2.45, 2.75) is 24.2 Å². The number of halogens is 2. The summed E-state index contributed by atoms with van der Waals surface area (Å²) in [6.07, 6.45) is 3.06. The zero-order valence-corrected chi connectivity index (χ0v) is 14.2. The zero-order chi connectivity index (χ0) is 15.0. The predicted molar refractivity (Wildman–Crippen MR) is 88.4 cm³/mol. The van der Waals surface area contributed by atoms with E-state index in [4.69, 9.17) is 11.6 Å². The summed E-state index contributed by atoms with van der Waals surface area (Å²) in [6.45, 7) is 0. The van der Waals surface area contributed by atoms with Crippen molar-refractivity contribution in [2.75, 3.05) is 4.72 Å². The van der Waals surface area contributed by atoms with E-state index in [2.05, 4.69) is 20.7 Å². The maximum absolute atomic E-state index is 12.5. The lowest BCUT2D eigenvalue weighted by atomic mass is 10.1. The number of rotatable bonds is 3. The minimum absolute atomic E-state index is 0.277. The van der Waals surface area contributed by atoms with Crippen molar-refractivity contribution in [3.05, 3.63) is 57.0 Å². The van der Waals surface area contributed by atoms with Crippen LogP contribution in [-0.4, -0.2) is 8.42 Å². The molecule has 21 heavy (non-hydrogen) atoms. The molecule has 3 rings (SSSR count). The molecule has 0 radical (unpaired) electrons. The molecule has 0 amide bonds. The van der Waals surface area contributed by atoms with Crippen LogP contribution in [0.3, 0.4) is 0 Å². The van der Waals surface area contributed by atoms with Crippen LogP contribution < -0.4 is 4.72 Å². The average molecular weight is 387 g/mol. The predicted octanol–water partition coefficient (Wildman–Crippen LogP) is 4.39. The fourth-order valence-electron chi connectivity index (χ4n) is 2.49. The maximum Gasteiger partial charge on any atom is 0.261 e. The van der Waals surface area contributed by atoms with Crippen LogP contribution in [0, 0.1) is 0 Å². The SMILES string of the molecule is O=S(=O)(Nc1cc(Br)ccc1Cl)c1ccc2c(c1)CCC2. The molecule has 0 unspecified atom stereocenters. The van der Waals surface area contributed by atoms with Gasteiger partial charge in [0.05, 0.1) is 15.6 Å². The Morgan fingerprint density at radius 2 is 1.81 bits per heavy atom. The number of sulfonamides is 1. The van der Waals surface area contributed by atoms with Gasteiger partial charge in [-0.1, -0.05) is 33.6 Å². The quantitative estimate of drug-likeness (QED) is 0.850. The molecule has 0 saturated heterocycles. The van der Waals surface area contributed by atoms with Crippen LogP contribution >= 0.6 is 27.5 Å². The lowest BCUT2D eigenvalue weighted by Gasteiger charge is -2.11. The highest BCUT2D eigenvalue weighted by atomic mass is 79.9. The van der Waals surface area contributed by atoms with E-state index in [1.807, 2.05) is 6.07 Å². The fourth-order valence-corrected chi connectivity index (χ4v) is 4.20. The van der Waals surface area contributed by atoms with Gasteiger partial charge in [-0.2, -0.15) is 0 Å². The topological polar surface area (TPSA) is 46.2 Å². The molecule has 0 aromatic heterocycles. The van der Waals surface area contributed by atoms with Gasteiger partial charge in [0.2, 0.25) is 0 Å². The molecule has 0 fully saturated rings. The molecule has 0 atom stereocenters.